The summed E-state index contributed by atoms with van der Waals surface area (Å²) in [5.74, 6) is 3.15. The molecule has 1 aromatic carbocycles. The van der Waals surface area contributed by atoms with Gasteiger partial charge in [-0.3, -0.25) is 4.99 Å². The third-order valence-electron chi connectivity index (χ3n) is 3.96. The van der Waals surface area contributed by atoms with Crippen molar-refractivity contribution in [2.45, 2.75) is 26.2 Å². The van der Waals surface area contributed by atoms with E-state index in [2.05, 4.69) is 41.2 Å². The molecule has 0 bridgehead atoms. The summed E-state index contributed by atoms with van der Waals surface area (Å²) >= 11 is 0. The molecule has 0 radical (unpaired) electrons. The number of nitrogens with one attached hydrogen (secondary N) is 1. The van der Waals surface area contributed by atoms with E-state index in [0.29, 0.717) is 11.8 Å². The molecular weight excluding hydrogens is 389 g/mol. The number of halogens is 1. The van der Waals surface area contributed by atoms with Crippen molar-refractivity contribution in [3.05, 3.63) is 29.8 Å². The van der Waals surface area contributed by atoms with Crippen LogP contribution in [0.5, 0.6) is 5.75 Å². The first-order valence-electron chi connectivity index (χ1n) is 7.73. The van der Waals surface area contributed by atoms with Crippen LogP contribution in [0, 0.1) is 5.92 Å². The lowest BCUT2D eigenvalue weighted by atomic mass is 9.98. The van der Waals surface area contributed by atoms with Gasteiger partial charge in [-0.1, -0.05) is 26.0 Å². The van der Waals surface area contributed by atoms with Gasteiger partial charge in [-0.15, -0.1) is 24.0 Å². The van der Waals surface area contributed by atoms with Crippen LogP contribution in [-0.2, 0) is 0 Å². The Hall–Kier alpha value is -0.980. The van der Waals surface area contributed by atoms with Crippen molar-refractivity contribution in [3.63, 3.8) is 0 Å². The number of rotatable bonds is 4. The molecule has 1 atom stereocenters. The second-order valence-corrected chi connectivity index (χ2v) is 6.03. The summed E-state index contributed by atoms with van der Waals surface area (Å²) in [6, 6.07) is 8.45. The largest absolute Gasteiger partial charge is 0.497 e. The molecule has 0 aliphatic carbocycles. The molecule has 0 spiro atoms. The van der Waals surface area contributed by atoms with Gasteiger partial charge in [0.15, 0.2) is 5.96 Å². The van der Waals surface area contributed by atoms with Crippen LogP contribution in [-0.4, -0.2) is 44.7 Å². The average molecular weight is 417 g/mol. The van der Waals surface area contributed by atoms with Crippen LogP contribution in [0.3, 0.4) is 0 Å². The molecule has 4 nitrogen and oxygen atoms in total. The second kappa shape index (κ2) is 9.22. The first kappa shape index (κ1) is 19.1. The first-order valence-corrected chi connectivity index (χ1v) is 7.73. The van der Waals surface area contributed by atoms with Gasteiger partial charge >= 0.3 is 0 Å². The molecule has 5 heteroatoms. The van der Waals surface area contributed by atoms with E-state index in [1.54, 1.807) is 7.11 Å². The Morgan fingerprint density at radius 2 is 2.05 bits per heavy atom. The molecule has 0 saturated carbocycles. The summed E-state index contributed by atoms with van der Waals surface area (Å²) in [5.41, 5.74) is 1.39. The summed E-state index contributed by atoms with van der Waals surface area (Å²) in [4.78, 5) is 6.77. The molecule has 1 fully saturated rings. The minimum atomic E-state index is 0. The van der Waals surface area contributed by atoms with Gasteiger partial charge in [0.05, 0.1) is 7.11 Å². The highest BCUT2D eigenvalue weighted by atomic mass is 127. The van der Waals surface area contributed by atoms with E-state index in [4.69, 9.17) is 4.74 Å². The number of aliphatic imine (C=N–C) groups is 1. The zero-order valence-electron chi connectivity index (χ0n) is 14.0. The van der Waals surface area contributed by atoms with E-state index < -0.39 is 0 Å². The topological polar surface area (TPSA) is 36.9 Å². The molecule has 1 aliphatic heterocycles. The highest BCUT2D eigenvalue weighted by Gasteiger charge is 2.25. The van der Waals surface area contributed by atoms with E-state index >= 15 is 0 Å². The van der Waals surface area contributed by atoms with Gasteiger partial charge in [0, 0.05) is 32.6 Å². The van der Waals surface area contributed by atoms with Crippen molar-refractivity contribution >= 4 is 29.9 Å². The SMILES string of the molecule is CN=C(NCC(C)C)N1CCC(c2ccc(OC)cc2)C1.I. The minimum Gasteiger partial charge on any atom is -0.497 e. The number of guanidine groups is 1. The maximum atomic E-state index is 5.22. The molecule has 124 valence electrons. The monoisotopic (exact) mass is 417 g/mol. The van der Waals surface area contributed by atoms with E-state index in [0.717, 1.165) is 31.3 Å². The fraction of sp³-hybridized carbons (Fsp3) is 0.588. The molecule has 1 unspecified atom stereocenters. The molecule has 1 saturated heterocycles. The van der Waals surface area contributed by atoms with Crippen LogP contribution in [0.4, 0.5) is 0 Å². The number of hydrogen-bond acceptors (Lipinski definition) is 2. The third kappa shape index (κ3) is 5.04. The molecule has 22 heavy (non-hydrogen) atoms. The molecule has 1 aliphatic rings. The maximum Gasteiger partial charge on any atom is 0.193 e. The number of likely N-dealkylation sites (tertiary alicyclic amines) is 1. The van der Waals surface area contributed by atoms with Crippen LogP contribution in [0.2, 0.25) is 0 Å². The molecule has 0 amide bonds. The van der Waals surface area contributed by atoms with Crippen molar-refractivity contribution < 1.29 is 4.74 Å². The second-order valence-electron chi connectivity index (χ2n) is 6.03. The first-order chi connectivity index (χ1) is 10.1. The van der Waals surface area contributed by atoms with Gasteiger partial charge < -0.3 is 15.0 Å². The van der Waals surface area contributed by atoms with Crippen LogP contribution >= 0.6 is 24.0 Å². The zero-order chi connectivity index (χ0) is 15.2. The van der Waals surface area contributed by atoms with E-state index in [-0.39, 0.29) is 24.0 Å². The van der Waals surface area contributed by atoms with E-state index in [1.807, 2.05) is 19.2 Å². The molecule has 2 rings (SSSR count). The number of nitrogens with zero attached hydrogens (tertiary/aromatic N) is 2. The molecular formula is C17H28IN3O. The Kier molecular flexibility index (Phi) is 8.00. The van der Waals surface area contributed by atoms with Gasteiger partial charge in [-0.25, -0.2) is 0 Å². The van der Waals surface area contributed by atoms with Crippen LogP contribution in [0.15, 0.2) is 29.3 Å². The lowest BCUT2D eigenvalue weighted by molar-refractivity contribution is 0.414. The minimum absolute atomic E-state index is 0. The summed E-state index contributed by atoms with van der Waals surface area (Å²) in [6.45, 7) is 7.49. The van der Waals surface area contributed by atoms with Crippen LogP contribution in [0.1, 0.15) is 31.7 Å². The van der Waals surface area contributed by atoms with Gasteiger partial charge in [0.2, 0.25) is 0 Å². The fourth-order valence-electron chi connectivity index (χ4n) is 2.73. The normalized spacial score (nSPS) is 18.3. The maximum absolute atomic E-state index is 5.22. The van der Waals surface area contributed by atoms with E-state index in [1.165, 1.54) is 12.0 Å². The predicted molar refractivity (Wildman–Crippen MR) is 104 cm³/mol. The summed E-state index contributed by atoms with van der Waals surface area (Å²) < 4.78 is 5.22. The Morgan fingerprint density at radius 1 is 1.36 bits per heavy atom. The van der Waals surface area contributed by atoms with Crippen molar-refractivity contribution in [2.24, 2.45) is 10.9 Å². The van der Waals surface area contributed by atoms with Gasteiger partial charge in [0.1, 0.15) is 5.75 Å². The van der Waals surface area contributed by atoms with E-state index in [9.17, 15) is 0 Å². The molecule has 1 N–H and O–H groups in total. The average Bonchev–Trinajstić information content (AvgIpc) is 2.97. The van der Waals surface area contributed by atoms with Crippen LogP contribution < -0.4 is 10.1 Å². The highest BCUT2D eigenvalue weighted by Crippen LogP contribution is 2.28. The summed E-state index contributed by atoms with van der Waals surface area (Å²) in [7, 11) is 3.57. The van der Waals surface area contributed by atoms with Gasteiger partial charge in [-0.2, -0.15) is 0 Å². The fourth-order valence-corrected chi connectivity index (χ4v) is 2.73. The standard InChI is InChI=1S/C17H27N3O.HI/c1-13(2)11-19-17(18-3)20-10-9-15(12-20)14-5-7-16(21-4)8-6-14;/h5-8,13,15H,9-12H2,1-4H3,(H,18,19);1H. The van der Waals surface area contributed by atoms with Crippen molar-refractivity contribution in [1.29, 1.82) is 0 Å². The van der Waals surface area contributed by atoms with Crippen molar-refractivity contribution in [2.75, 3.05) is 33.8 Å². The number of benzene rings is 1. The number of methoxy groups -OCH3 is 1. The Labute approximate surface area is 151 Å². The molecule has 1 aromatic rings. The third-order valence-corrected chi connectivity index (χ3v) is 3.96. The number of ether oxygens (including phenoxy) is 1. The molecule has 0 aromatic heterocycles. The zero-order valence-corrected chi connectivity index (χ0v) is 16.3. The summed E-state index contributed by atoms with van der Waals surface area (Å²) in [5, 5.41) is 3.46. The van der Waals surface area contributed by atoms with Gasteiger partial charge in [0.25, 0.3) is 0 Å². The lowest BCUT2D eigenvalue weighted by Gasteiger charge is -2.22. The van der Waals surface area contributed by atoms with Crippen molar-refractivity contribution in [3.8, 4) is 5.75 Å². The van der Waals surface area contributed by atoms with Crippen molar-refractivity contribution in [1.82, 2.24) is 10.2 Å². The quantitative estimate of drug-likeness (QED) is 0.464. The highest BCUT2D eigenvalue weighted by molar-refractivity contribution is 14.0. The molecule has 1 heterocycles. The Bertz CT molecular complexity index is 473. The Morgan fingerprint density at radius 3 is 2.59 bits per heavy atom. The lowest BCUT2D eigenvalue weighted by Crippen LogP contribution is -2.41. The smallest absolute Gasteiger partial charge is 0.193 e. The Balaban J connectivity index is 0.00000242. The number of hydrogen-bond donors (Lipinski definition) is 1. The summed E-state index contributed by atoms with van der Waals surface area (Å²) in [6.07, 6.45) is 1.18. The van der Waals surface area contributed by atoms with Gasteiger partial charge in [-0.05, 0) is 30.0 Å². The van der Waals surface area contributed by atoms with Crippen LogP contribution in [0.25, 0.3) is 0 Å². The predicted octanol–water partition coefficient (Wildman–Crippen LogP) is 3.33.